The molecule has 2 N–H and O–H groups in total. The zero-order valence-corrected chi connectivity index (χ0v) is 16.8. The Balaban J connectivity index is 1.50. The first-order valence-corrected chi connectivity index (χ1v) is 11.0. The Morgan fingerprint density at radius 2 is 1.78 bits per heavy atom. The summed E-state index contributed by atoms with van der Waals surface area (Å²) in [5, 5.41) is 6.88. The van der Waals surface area contributed by atoms with Crippen LogP contribution >= 0.6 is 11.3 Å². The van der Waals surface area contributed by atoms with Crippen LogP contribution in [0.25, 0.3) is 0 Å². The maximum Gasteiger partial charge on any atom is 0.240 e. The summed E-state index contributed by atoms with van der Waals surface area (Å²) >= 11 is 1.66. The molecule has 2 heterocycles. The molecule has 0 aromatic carbocycles. The number of fused-ring (bicyclic) bond motifs is 1. The molecule has 1 amide bonds. The minimum absolute atomic E-state index is 0.0383. The molecule has 0 bridgehead atoms. The van der Waals surface area contributed by atoms with E-state index in [-0.39, 0.29) is 12.5 Å². The molecule has 0 saturated heterocycles. The first kappa shape index (κ1) is 20.0. The minimum Gasteiger partial charge on any atom is -0.304 e. The fraction of sp³-hybridized carbons (Fsp3) is 0.571. The lowest BCUT2D eigenvalue weighted by Gasteiger charge is -2.06. The van der Waals surface area contributed by atoms with Gasteiger partial charge in [-0.3, -0.25) is 9.78 Å². The maximum absolute atomic E-state index is 12.2. The first-order valence-electron chi connectivity index (χ1n) is 10.2. The fourth-order valence-corrected chi connectivity index (χ4v) is 4.52. The van der Waals surface area contributed by atoms with Gasteiger partial charge in [-0.15, -0.1) is 11.3 Å². The Bertz CT molecular complexity index is 672. The molecular formula is C21H30N4OS. The van der Waals surface area contributed by atoms with Gasteiger partial charge in [0.2, 0.25) is 5.91 Å². The standard InChI is InChI=1S/C21H30N4OS/c26-20(16-23-15-17-10-9-13-22-14-17)25-21-24-18-11-7-5-3-1-2-4-6-8-12-19(18)27-21/h9-10,13-14,23H,1-8,11-12,15-16H2,(H,24,25,26). The van der Waals surface area contributed by atoms with Crippen molar-refractivity contribution in [1.29, 1.82) is 0 Å². The number of nitrogens with one attached hydrogen (secondary N) is 2. The number of amides is 1. The van der Waals surface area contributed by atoms with Crippen molar-refractivity contribution < 1.29 is 4.79 Å². The number of carbonyl (C=O) groups excluding carboxylic acids is 1. The topological polar surface area (TPSA) is 66.9 Å². The van der Waals surface area contributed by atoms with Crippen molar-refractivity contribution in [2.24, 2.45) is 0 Å². The molecule has 0 atom stereocenters. The number of aromatic nitrogens is 2. The highest BCUT2D eigenvalue weighted by Crippen LogP contribution is 2.27. The zero-order chi connectivity index (χ0) is 18.7. The van der Waals surface area contributed by atoms with Gasteiger partial charge in [0.1, 0.15) is 0 Å². The molecule has 0 aliphatic heterocycles. The summed E-state index contributed by atoms with van der Waals surface area (Å²) in [6.07, 6.45) is 16.2. The molecular weight excluding hydrogens is 356 g/mol. The molecule has 0 radical (unpaired) electrons. The summed E-state index contributed by atoms with van der Waals surface area (Å²) < 4.78 is 0. The second-order valence-corrected chi connectivity index (χ2v) is 8.31. The van der Waals surface area contributed by atoms with Gasteiger partial charge in [-0.1, -0.05) is 44.6 Å². The van der Waals surface area contributed by atoms with Crippen molar-refractivity contribution in [2.45, 2.75) is 70.8 Å². The third-order valence-electron chi connectivity index (χ3n) is 4.93. The van der Waals surface area contributed by atoms with E-state index < -0.39 is 0 Å². The summed E-state index contributed by atoms with van der Waals surface area (Å²) in [6, 6.07) is 3.89. The van der Waals surface area contributed by atoms with Crippen molar-refractivity contribution in [2.75, 3.05) is 11.9 Å². The van der Waals surface area contributed by atoms with Crippen LogP contribution < -0.4 is 10.6 Å². The van der Waals surface area contributed by atoms with Gasteiger partial charge in [-0.25, -0.2) is 4.98 Å². The zero-order valence-electron chi connectivity index (χ0n) is 16.0. The quantitative estimate of drug-likeness (QED) is 0.795. The van der Waals surface area contributed by atoms with E-state index in [0.29, 0.717) is 6.54 Å². The van der Waals surface area contributed by atoms with Crippen molar-refractivity contribution in [3.63, 3.8) is 0 Å². The number of aryl methyl sites for hydroxylation is 2. The van der Waals surface area contributed by atoms with Crippen LogP contribution in [0.1, 0.15) is 67.5 Å². The molecule has 27 heavy (non-hydrogen) atoms. The van der Waals surface area contributed by atoms with Crippen molar-refractivity contribution in [3.8, 4) is 0 Å². The number of pyridine rings is 1. The van der Waals surface area contributed by atoms with E-state index in [9.17, 15) is 4.79 Å². The molecule has 0 unspecified atom stereocenters. The van der Waals surface area contributed by atoms with Crippen LogP contribution in [-0.4, -0.2) is 22.4 Å². The lowest BCUT2D eigenvalue weighted by Crippen LogP contribution is -2.27. The van der Waals surface area contributed by atoms with Crippen molar-refractivity contribution in [1.82, 2.24) is 15.3 Å². The average molecular weight is 387 g/mol. The summed E-state index contributed by atoms with van der Waals surface area (Å²) in [6.45, 7) is 0.911. The smallest absolute Gasteiger partial charge is 0.240 e. The predicted molar refractivity (Wildman–Crippen MR) is 111 cm³/mol. The van der Waals surface area contributed by atoms with E-state index in [1.54, 1.807) is 23.7 Å². The Labute approximate surface area is 166 Å². The van der Waals surface area contributed by atoms with E-state index in [1.807, 2.05) is 12.1 Å². The van der Waals surface area contributed by atoms with E-state index in [4.69, 9.17) is 4.98 Å². The summed E-state index contributed by atoms with van der Waals surface area (Å²) in [5.74, 6) is -0.0383. The lowest BCUT2D eigenvalue weighted by molar-refractivity contribution is -0.115. The molecule has 3 rings (SSSR count). The van der Waals surface area contributed by atoms with Gasteiger partial charge < -0.3 is 10.6 Å². The summed E-state index contributed by atoms with van der Waals surface area (Å²) in [7, 11) is 0. The van der Waals surface area contributed by atoms with E-state index in [2.05, 4.69) is 15.6 Å². The van der Waals surface area contributed by atoms with Gasteiger partial charge in [0.05, 0.1) is 12.2 Å². The third-order valence-corrected chi connectivity index (χ3v) is 6.00. The van der Waals surface area contributed by atoms with Gasteiger partial charge >= 0.3 is 0 Å². The minimum atomic E-state index is -0.0383. The molecule has 0 spiro atoms. The Morgan fingerprint density at radius 1 is 1.04 bits per heavy atom. The number of nitrogens with zero attached hydrogens (tertiary/aromatic N) is 2. The van der Waals surface area contributed by atoms with Crippen molar-refractivity contribution in [3.05, 3.63) is 40.7 Å². The second-order valence-electron chi connectivity index (χ2n) is 7.23. The van der Waals surface area contributed by atoms with E-state index in [1.165, 1.54) is 61.9 Å². The number of rotatable bonds is 5. The average Bonchev–Trinajstić information content (AvgIpc) is 3.04. The van der Waals surface area contributed by atoms with Crippen LogP contribution in [0.2, 0.25) is 0 Å². The SMILES string of the molecule is O=C(CNCc1cccnc1)Nc1nc2c(s1)CCCCCCCCCC2. The fourth-order valence-electron chi connectivity index (χ4n) is 3.45. The van der Waals surface area contributed by atoms with Gasteiger partial charge in [0.25, 0.3) is 0 Å². The Kier molecular flexibility index (Phi) is 8.24. The van der Waals surface area contributed by atoms with Gasteiger partial charge in [0, 0.05) is 23.8 Å². The molecule has 2 aromatic rings. The highest BCUT2D eigenvalue weighted by Gasteiger charge is 2.13. The summed E-state index contributed by atoms with van der Waals surface area (Å²) in [4.78, 5) is 22.4. The third kappa shape index (κ3) is 7.03. The second kappa shape index (κ2) is 11.1. The van der Waals surface area contributed by atoms with Crippen LogP contribution in [0.3, 0.4) is 0 Å². The monoisotopic (exact) mass is 386 g/mol. The van der Waals surface area contributed by atoms with Crippen LogP contribution in [0, 0.1) is 0 Å². The van der Waals surface area contributed by atoms with Crippen molar-refractivity contribution >= 4 is 22.4 Å². The number of anilines is 1. The molecule has 1 aliphatic rings. The largest absolute Gasteiger partial charge is 0.304 e. The van der Waals surface area contributed by atoms with Gasteiger partial charge in [-0.2, -0.15) is 0 Å². The molecule has 5 nitrogen and oxygen atoms in total. The molecule has 6 heteroatoms. The maximum atomic E-state index is 12.2. The van der Waals surface area contributed by atoms with Gasteiger partial charge in [0.15, 0.2) is 5.13 Å². The van der Waals surface area contributed by atoms with E-state index in [0.717, 1.165) is 23.5 Å². The summed E-state index contributed by atoms with van der Waals surface area (Å²) in [5.41, 5.74) is 2.28. The van der Waals surface area contributed by atoms with Crippen LogP contribution in [0.5, 0.6) is 0 Å². The molecule has 0 fully saturated rings. The number of hydrogen-bond acceptors (Lipinski definition) is 5. The molecule has 146 valence electrons. The lowest BCUT2D eigenvalue weighted by atomic mass is 10.0. The number of thiazole rings is 1. The number of hydrogen-bond donors (Lipinski definition) is 2. The normalized spacial score (nSPS) is 16.0. The Morgan fingerprint density at radius 3 is 2.52 bits per heavy atom. The number of carbonyl (C=O) groups is 1. The first-order chi connectivity index (χ1) is 13.3. The van der Waals surface area contributed by atoms with E-state index >= 15 is 0 Å². The van der Waals surface area contributed by atoms with Gasteiger partial charge in [-0.05, 0) is 37.3 Å². The van der Waals surface area contributed by atoms with Crippen LogP contribution in [0.15, 0.2) is 24.5 Å². The highest BCUT2D eigenvalue weighted by atomic mass is 32.1. The predicted octanol–water partition coefficient (Wildman–Crippen LogP) is 4.49. The molecule has 2 aromatic heterocycles. The Hall–Kier alpha value is -1.79. The molecule has 0 saturated carbocycles. The highest BCUT2D eigenvalue weighted by molar-refractivity contribution is 7.15. The van der Waals surface area contributed by atoms with Crippen LogP contribution in [0.4, 0.5) is 5.13 Å². The molecule has 1 aliphatic carbocycles. The van der Waals surface area contributed by atoms with Crippen LogP contribution in [-0.2, 0) is 24.2 Å².